The van der Waals surface area contributed by atoms with Gasteiger partial charge >= 0.3 is 29.6 Å². The van der Waals surface area contributed by atoms with Crippen molar-refractivity contribution in [3.63, 3.8) is 0 Å². The van der Waals surface area contributed by atoms with Gasteiger partial charge in [-0.1, -0.05) is 22.1 Å². The van der Waals surface area contributed by atoms with Crippen LogP contribution in [0.15, 0.2) is 0 Å². The molecule has 1 nitrogen and oxygen atoms in total. The van der Waals surface area contributed by atoms with Crippen LogP contribution in [0, 0.1) is 0 Å². The fourth-order valence-electron chi connectivity index (χ4n) is 0. The van der Waals surface area contributed by atoms with Crippen molar-refractivity contribution in [2.75, 3.05) is 0 Å². The van der Waals surface area contributed by atoms with Crippen molar-refractivity contribution in [1.82, 2.24) is 0 Å². The standard InChI is InChI=1S/C2H6OSi.Na/c1-4(2)3;/h1-2H3;/q-1;+1. The summed E-state index contributed by atoms with van der Waals surface area (Å²) in [6.45, 7) is 3.43. The minimum absolute atomic E-state index is 0. The van der Waals surface area contributed by atoms with E-state index in [0.29, 0.717) is 0 Å². The van der Waals surface area contributed by atoms with Gasteiger partial charge in [0.25, 0.3) is 0 Å². The molecule has 0 N–H and O–H groups in total. The number of hydrogen-bond donors (Lipinski definition) is 0. The summed E-state index contributed by atoms with van der Waals surface area (Å²) in [7, 11) is -1.13. The molecule has 0 spiro atoms. The van der Waals surface area contributed by atoms with Gasteiger partial charge in [0.1, 0.15) is 0 Å². The van der Waals surface area contributed by atoms with Gasteiger partial charge in [-0.15, -0.1) is 0 Å². The second kappa shape index (κ2) is 5.18. The fraction of sp³-hybridized carbons (Fsp3) is 1.00. The van der Waals surface area contributed by atoms with E-state index in [1.165, 1.54) is 0 Å². The van der Waals surface area contributed by atoms with Crippen LogP contribution < -0.4 is 34.4 Å². The van der Waals surface area contributed by atoms with Crippen LogP contribution in [-0.2, 0) is 0 Å². The minimum atomic E-state index is -1.13. The molecule has 0 amide bonds. The van der Waals surface area contributed by atoms with Gasteiger partial charge in [-0.3, -0.25) is 0 Å². The maximum Gasteiger partial charge on any atom is 1.00 e. The topological polar surface area (TPSA) is 23.1 Å². The van der Waals surface area contributed by atoms with Crippen LogP contribution >= 0.6 is 0 Å². The van der Waals surface area contributed by atoms with Gasteiger partial charge in [0.05, 0.1) is 0 Å². The first-order valence-corrected chi connectivity index (χ1v) is 3.61. The van der Waals surface area contributed by atoms with E-state index in [-0.39, 0.29) is 29.6 Å². The van der Waals surface area contributed by atoms with Gasteiger partial charge in [0.15, 0.2) is 0 Å². The van der Waals surface area contributed by atoms with Crippen molar-refractivity contribution in [3.8, 4) is 0 Å². The maximum absolute atomic E-state index is 9.63. The van der Waals surface area contributed by atoms with E-state index in [1.807, 2.05) is 0 Å². The molecular formula is C2H6NaOSi. The molecule has 1 radical (unpaired) electrons. The SMILES string of the molecule is C[Si](C)[O-].[Na+]. The van der Waals surface area contributed by atoms with Crippen molar-refractivity contribution in [1.29, 1.82) is 0 Å². The zero-order chi connectivity index (χ0) is 3.58. The molecular weight excluding hydrogens is 91.1 g/mol. The molecule has 3 heteroatoms. The molecule has 0 aromatic carbocycles. The normalized spacial score (nSPS) is 7.20. The van der Waals surface area contributed by atoms with Gasteiger partial charge in [-0.25, -0.2) is 0 Å². The Labute approximate surface area is 56.4 Å². The van der Waals surface area contributed by atoms with E-state index >= 15 is 0 Å². The van der Waals surface area contributed by atoms with Gasteiger partial charge in [-0.05, 0) is 0 Å². The first kappa shape index (κ1) is 9.49. The Hall–Kier alpha value is 1.18. The molecule has 0 aliphatic heterocycles. The van der Waals surface area contributed by atoms with Gasteiger partial charge in [0.2, 0.25) is 0 Å². The van der Waals surface area contributed by atoms with Crippen molar-refractivity contribution in [3.05, 3.63) is 0 Å². The summed E-state index contributed by atoms with van der Waals surface area (Å²) in [5.41, 5.74) is 0. The predicted molar refractivity (Wildman–Crippen MR) is 17.5 cm³/mol. The Kier molecular flexibility index (Phi) is 9.82. The Morgan fingerprint density at radius 2 is 1.40 bits per heavy atom. The second-order valence-corrected chi connectivity index (χ2v) is 2.72. The van der Waals surface area contributed by atoms with Gasteiger partial charge in [0, 0.05) is 0 Å². The van der Waals surface area contributed by atoms with Crippen molar-refractivity contribution in [2.45, 2.75) is 13.1 Å². The summed E-state index contributed by atoms with van der Waals surface area (Å²) in [6, 6.07) is 0. The first-order valence-electron chi connectivity index (χ1n) is 1.20. The molecule has 0 saturated heterocycles. The van der Waals surface area contributed by atoms with Crippen LogP contribution in [-0.4, -0.2) is 9.04 Å². The molecule has 0 aliphatic carbocycles. The third-order valence-corrected chi connectivity index (χ3v) is 0. The van der Waals surface area contributed by atoms with E-state index in [1.54, 1.807) is 13.1 Å². The summed E-state index contributed by atoms with van der Waals surface area (Å²) >= 11 is 0. The van der Waals surface area contributed by atoms with E-state index in [2.05, 4.69) is 0 Å². The van der Waals surface area contributed by atoms with E-state index in [4.69, 9.17) is 0 Å². The van der Waals surface area contributed by atoms with Gasteiger partial charge in [-0.2, -0.15) is 0 Å². The summed E-state index contributed by atoms with van der Waals surface area (Å²) < 4.78 is 0. The molecule has 25 valence electrons. The summed E-state index contributed by atoms with van der Waals surface area (Å²) in [4.78, 5) is 9.63. The molecule has 0 saturated carbocycles. The van der Waals surface area contributed by atoms with Crippen LogP contribution in [0.2, 0.25) is 13.1 Å². The number of rotatable bonds is 0. The van der Waals surface area contributed by atoms with Crippen LogP contribution in [0.4, 0.5) is 0 Å². The molecule has 0 fully saturated rings. The monoisotopic (exact) mass is 97.0 g/mol. The van der Waals surface area contributed by atoms with Crippen molar-refractivity contribution in [2.24, 2.45) is 0 Å². The maximum atomic E-state index is 9.63. The Balaban J connectivity index is 0. The molecule has 0 heterocycles. The molecule has 0 aliphatic rings. The second-order valence-electron chi connectivity index (χ2n) is 0.908. The molecule has 5 heavy (non-hydrogen) atoms. The summed E-state index contributed by atoms with van der Waals surface area (Å²) in [5.74, 6) is 0. The first-order chi connectivity index (χ1) is 1.73. The third-order valence-electron chi connectivity index (χ3n) is 0. The Morgan fingerprint density at radius 3 is 1.40 bits per heavy atom. The molecule has 0 atom stereocenters. The molecule has 0 unspecified atom stereocenters. The molecule has 0 bridgehead atoms. The van der Waals surface area contributed by atoms with Crippen LogP contribution in [0.25, 0.3) is 0 Å². The zero-order valence-corrected chi connectivity index (χ0v) is 6.91. The van der Waals surface area contributed by atoms with Crippen molar-refractivity contribution < 1.29 is 34.4 Å². The fourth-order valence-corrected chi connectivity index (χ4v) is 0. The zero-order valence-electron chi connectivity index (χ0n) is 3.91. The van der Waals surface area contributed by atoms with Gasteiger partial charge < -0.3 is 4.80 Å². The van der Waals surface area contributed by atoms with E-state index in [0.717, 1.165) is 0 Å². The number of hydrogen-bond acceptors (Lipinski definition) is 1. The van der Waals surface area contributed by atoms with Crippen LogP contribution in [0.3, 0.4) is 0 Å². The largest absolute Gasteiger partial charge is 1.00 e. The molecule has 0 aromatic rings. The average Bonchev–Trinajstić information content (AvgIpc) is 0.811. The van der Waals surface area contributed by atoms with E-state index in [9.17, 15) is 4.80 Å². The molecule has 0 rings (SSSR count). The van der Waals surface area contributed by atoms with Crippen LogP contribution in [0.5, 0.6) is 0 Å². The summed E-state index contributed by atoms with van der Waals surface area (Å²) in [5, 5.41) is 0. The molecule has 0 aromatic heterocycles. The minimum Gasteiger partial charge on any atom is -0.861 e. The van der Waals surface area contributed by atoms with E-state index < -0.39 is 9.04 Å². The quantitative estimate of drug-likeness (QED) is 0.289. The van der Waals surface area contributed by atoms with Crippen LogP contribution in [0.1, 0.15) is 0 Å². The van der Waals surface area contributed by atoms with Crippen molar-refractivity contribution >= 4 is 9.04 Å². The average molecular weight is 97.1 g/mol. The smallest absolute Gasteiger partial charge is 0.861 e. The predicted octanol–water partition coefficient (Wildman–Crippen LogP) is -3.40. The summed E-state index contributed by atoms with van der Waals surface area (Å²) in [6.07, 6.45) is 0. The Morgan fingerprint density at radius 1 is 1.40 bits per heavy atom. The third kappa shape index (κ3) is 37.7. The Bertz CT molecular complexity index is 14.4.